The smallest absolute Gasteiger partial charge is 0.0487 e. The van der Waals surface area contributed by atoms with Crippen molar-refractivity contribution in [3.05, 3.63) is 12.2 Å². The molecule has 0 radical (unpaired) electrons. The first-order valence-electron chi connectivity index (χ1n) is 6.52. The number of aliphatic hydroxyl groups excluding tert-OH is 1. The van der Waals surface area contributed by atoms with E-state index in [-0.39, 0.29) is 5.41 Å². The Morgan fingerprint density at radius 2 is 1.93 bits per heavy atom. The lowest BCUT2D eigenvalue weighted by atomic mass is 9.63. The number of aliphatic hydroxyl groups is 1. The second-order valence-corrected chi connectivity index (χ2v) is 6.72. The van der Waals surface area contributed by atoms with Crippen molar-refractivity contribution in [2.75, 3.05) is 6.61 Å². The van der Waals surface area contributed by atoms with Crippen LogP contribution in [0.3, 0.4) is 0 Å². The molecule has 4 aliphatic carbocycles. The van der Waals surface area contributed by atoms with Crippen LogP contribution in [0, 0.1) is 40.9 Å². The van der Waals surface area contributed by atoms with Gasteiger partial charge < -0.3 is 5.11 Å². The van der Waals surface area contributed by atoms with Gasteiger partial charge in [0, 0.05) is 6.61 Å². The Morgan fingerprint density at radius 3 is 2.67 bits per heavy atom. The summed E-state index contributed by atoms with van der Waals surface area (Å²) in [5, 5.41) is 9.62. The molecule has 15 heavy (non-hydrogen) atoms. The van der Waals surface area contributed by atoms with Crippen LogP contribution in [0.1, 0.15) is 26.2 Å². The van der Waals surface area contributed by atoms with E-state index in [1.165, 1.54) is 19.3 Å². The van der Waals surface area contributed by atoms with Crippen LogP contribution in [0.25, 0.3) is 0 Å². The highest BCUT2D eigenvalue weighted by molar-refractivity contribution is 5.22. The van der Waals surface area contributed by atoms with Crippen LogP contribution >= 0.6 is 0 Å². The highest BCUT2D eigenvalue weighted by Gasteiger charge is 2.64. The van der Waals surface area contributed by atoms with Crippen LogP contribution in [-0.4, -0.2) is 11.7 Å². The Bertz CT molecular complexity index is 334. The average Bonchev–Trinajstić information content (AvgIpc) is 2.93. The van der Waals surface area contributed by atoms with Gasteiger partial charge in [0.2, 0.25) is 0 Å². The number of allylic oxidation sites excluding steroid dienone is 2. The fourth-order valence-electron chi connectivity index (χ4n) is 5.67. The van der Waals surface area contributed by atoms with Gasteiger partial charge in [0.25, 0.3) is 0 Å². The zero-order chi connectivity index (χ0) is 10.2. The SMILES string of the molecule is CC1(CO)CC2CC1C1C3C=CC(C3)C21. The quantitative estimate of drug-likeness (QED) is 0.514. The molecule has 7 unspecified atom stereocenters. The van der Waals surface area contributed by atoms with E-state index in [9.17, 15) is 5.11 Å². The van der Waals surface area contributed by atoms with Crippen LogP contribution in [0.5, 0.6) is 0 Å². The zero-order valence-electron chi connectivity index (χ0n) is 9.39. The standard InChI is InChI=1S/C14H20O/c1-14(7-15)6-10-5-11(14)13-9-3-2-8(4-9)12(10)13/h2-3,8-13,15H,4-7H2,1H3. The molecule has 4 aliphatic rings. The molecule has 0 aliphatic heterocycles. The summed E-state index contributed by atoms with van der Waals surface area (Å²) in [7, 11) is 0. The molecule has 0 aromatic rings. The van der Waals surface area contributed by atoms with E-state index in [2.05, 4.69) is 19.1 Å². The van der Waals surface area contributed by atoms with Crippen molar-refractivity contribution < 1.29 is 5.11 Å². The fraction of sp³-hybridized carbons (Fsp3) is 0.857. The Kier molecular flexibility index (Phi) is 1.47. The van der Waals surface area contributed by atoms with Gasteiger partial charge in [-0.25, -0.2) is 0 Å². The van der Waals surface area contributed by atoms with Crippen molar-refractivity contribution in [2.24, 2.45) is 40.9 Å². The lowest BCUT2D eigenvalue weighted by Gasteiger charge is -2.42. The third kappa shape index (κ3) is 0.860. The second-order valence-electron chi connectivity index (χ2n) is 6.72. The second kappa shape index (κ2) is 2.51. The van der Waals surface area contributed by atoms with Crippen LogP contribution in [0.4, 0.5) is 0 Å². The van der Waals surface area contributed by atoms with Crippen molar-refractivity contribution >= 4 is 0 Å². The predicted octanol–water partition coefficient (Wildman–Crippen LogP) is 2.46. The van der Waals surface area contributed by atoms with Gasteiger partial charge in [-0.15, -0.1) is 0 Å². The molecule has 0 heterocycles. The molecule has 4 rings (SSSR count). The zero-order valence-corrected chi connectivity index (χ0v) is 9.39. The molecule has 1 heteroatoms. The highest BCUT2D eigenvalue weighted by atomic mass is 16.3. The Morgan fingerprint density at radius 1 is 1.20 bits per heavy atom. The summed E-state index contributed by atoms with van der Waals surface area (Å²) in [6.45, 7) is 2.74. The molecule has 3 fully saturated rings. The van der Waals surface area contributed by atoms with Gasteiger partial charge in [-0.1, -0.05) is 19.1 Å². The Labute approximate surface area is 91.6 Å². The van der Waals surface area contributed by atoms with E-state index < -0.39 is 0 Å². The van der Waals surface area contributed by atoms with E-state index in [0.717, 1.165) is 35.5 Å². The number of hydrogen-bond donors (Lipinski definition) is 1. The normalized spacial score (nSPS) is 64.1. The molecule has 0 amide bonds. The molecule has 0 aromatic heterocycles. The van der Waals surface area contributed by atoms with Crippen LogP contribution in [0.15, 0.2) is 12.2 Å². The molecule has 4 bridgehead atoms. The first kappa shape index (κ1) is 8.81. The first-order chi connectivity index (χ1) is 7.23. The van der Waals surface area contributed by atoms with Gasteiger partial charge in [0.1, 0.15) is 0 Å². The molecule has 3 saturated carbocycles. The van der Waals surface area contributed by atoms with Gasteiger partial charge in [-0.05, 0) is 60.2 Å². The van der Waals surface area contributed by atoms with Crippen molar-refractivity contribution in [1.82, 2.24) is 0 Å². The van der Waals surface area contributed by atoms with E-state index in [1.54, 1.807) is 0 Å². The van der Waals surface area contributed by atoms with Gasteiger partial charge >= 0.3 is 0 Å². The molecule has 7 atom stereocenters. The molecular formula is C14H20O. The maximum absolute atomic E-state index is 9.62. The number of hydrogen-bond acceptors (Lipinski definition) is 1. The molecular weight excluding hydrogens is 184 g/mol. The molecule has 1 N–H and O–H groups in total. The summed E-state index contributed by atoms with van der Waals surface area (Å²) in [5.41, 5.74) is 0.268. The van der Waals surface area contributed by atoms with Crippen LogP contribution in [0.2, 0.25) is 0 Å². The monoisotopic (exact) mass is 204 g/mol. The molecule has 1 nitrogen and oxygen atoms in total. The van der Waals surface area contributed by atoms with Crippen LogP contribution in [-0.2, 0) is 0 Å². The van der Waals surface area contributed by atoms with Crippen molar-refractivity contribution in [1.29, 1.82) is 0 Å². The maximum Gasteiger partial charge on any atom is 0.0487 e. The van der Waals surface area contributed by atoms with Gasteiger partial charge in [-0.2, -0.15) is 0 Å². The van der Waals surface area contributed by atoms with E-state index >= 15 is 0 Å². The summed E-state index contributed by atoms with van der Waals surface area (Å²) in [6.07, 6.45) is 9.12. The highest BCUT2D eigenvalue weighted by Crippen LogP contribution is 2.70. The lowest BCUT2D eigenvalue weighted by molar-refractivity contribution is 0.0226. The molecule has 0 aromatic carbocycles. The summed E-state index contributed by atoms with van der Waals surface area (Å²) < 4.78 is 0. The van der Waals surface area contributed by atoms with Crippen molar-refractivity contribution in [3.63, 3.8) is 0 Å². The first-order valence-corrected chi connectivity index (χ1v) is 6.52. The summed E-state index contributed by atoms with van der Waals surface area (Å²) >= 11 is 0. The summed E-state index contributed by atoms with van der Waals surface area (Å²) in [5.74, 6) is 5.51. The minimum absolute atomic E-state index is 0.268. The summed E-state index contributed by atoms with van der Waals surface area (Å²) in [6, 6.07) is 0. The Balaban J connectivity index is 1.74. The third-order valence-electron chi connectivity index (χ3n) is 6.13. The Hall–Kier alpha value is -0.300. The number of fused-ring (bicyclic) bond motifs is 9. The van der Waals surface area contributed by atoms with E-state index in [0.29, 0.717) is 6.61 Å². The van der Waals surface area contributed by atoms with Gasteiger partial charge in [0.05, 0.1) is 0 Å². The third-order valence-corrected chi connectivity index (χ3v) is 6.13. The van der Waals surface area contributed by atoms with Gasteiger partial charge in [-0.3, -0.25) is 0 Å². The molecule has 0 spiro atoms. The largest absolute Gasteiger partial charge is 0.396 e. The average molecular weight is 204 g/mol. The topological polar surface area (TPSA) is 20.2 Å². The molecule has 0 saturated heterocycles. The summed E-state index contributed by atoms with van der Waals surface area (Å²) in [4.78, 5) is 0. The minimum atomic E-state index is 0.268. The minimum Gasteiger partial charge on any atom is -0.396 e. The van der Waals surface area contributed by atoms with Crippen molar-refractivity contribution in [2.45, 2.75) is 26.2 Å². The number of rotatable bonds is 1. The molecule has 82 valence electrons. The van der Waals surface area contributed by atoms with E-state index in [4.69, 9.17) is 0 Å². The lowest BCUT2D eigenvalue weighted by Crippen LogP contribution is -2.39. The van der Waals surface area contributed by atoms with Gasteiger partial charge in [0.15, 0.2) is 0 Å². The van der Waals surface area contributed by atoms with Crippen LogP contribution < -0.4 is 0 Å². The fourth-order valence-corrected chi connectivity index (χ4v) is 5.67. The maximum atomic E-state index is 9.62. The predicted molar refractivity (Wildman–Crippen MR) is 59.1 cm³/mol. The van der Waals surface area contributed by atoms with Crippen molar-refractivity contribution in [3.8, 4) is 0 Å². The van der Waals surface area contributed by atoms with E-state index in [1.807, 2.05) is 0 Å².